The Hall–Kier alpha value is -1.11. The number of hydrogen-bond donors (Lipinski definition) is 0. The van der Waals surface area contributed by atoms with Gasteiger partial charge >= 0.3 is 0 Å². The number of amides is 1. The Morgan fingerprint density at radius 1 is 1.32 bits per heavy atom. The van der Waals surface area contributed by atoms with Crippen molar-refractivity contribution in [3.05, 3.63) is 16.5 Å². The summed E-state index contributed by atoms with van der Waals surface area (Å²) in [5, 5.41) is 4.09. The molecule has 1 aromatic heterocycles. The SMILES string of the molecule is Cc1noc(Cl)c1CCC(=O)N1CCC(C2OCCO2)CC1. The van der Waals surface area contributed by atoms with Gasteiger partial charge in [-0.15, -0.1) is 0 Å². The molecule has 0 unspecified atom stereocenters. The summed E-state index contributed by atoms with van der Waals surface area (Å²) < 4.78 is 16.0. The molecule has 0 saturated carbocycles. The molecule has 3 rings (SSSR count). The highest BCUT2D eigenvalue weighted by Crippen LogP contribution is 2.26. The summed E-state index contributed by atoms with van der Waals surface area (Å²) in [6.07, 6.45) is 2.80. The van der Waals surface area contributed by atoms with Gasteiger partial charge in [-0.3, -0.25) is 4.79 Å². The van der Waals surface area contributed by atoms with Crippen LogP contribution in [0.1, 0.15) is 30.5 Å². The number of ether oxygens (including phenoxy) is 2. The molecule has 0 atom stereocenters. The summed E-state index contributed by atoms with van der Waals surface area (Å²) in [4.78, 5) is 14.2. The van der Waals surface area contributed by atoms with Crippen LogP contribution in [0.15, 0.2) is 4.52 Å². The second kappa shape index (κ2) is 6.98. The molecule has 0 aromatic carbocycles. The number of rotatable bonds is 4. The van der Waals surface area contributed by atoms with Crippen LogP contribution in [0.2, 0.25) is 5.22 Å². The van der Waals surface area contributed by atoms with Crippen molar-refractivity contribution in [2.24, 2.45) is 5.92 Å². The zero-order valence-electron chi connectivity index (χ0n) is 12.7. The van der Waals surface area contributed by atoms with E-state index in [-0.39, 0.29) is 12.2 Å². The Morgan fingerprint density at radius 2 is 2.00 bits per heavy atom. The average Bonchev–Trinajstić information content (AvgIpc) is 3.17. The quantitative estimate of drug-likeness (QED) is 0.847. The first-order valence-electron chi connectivity index (χ1n) is 7.77. The van der Waals surface area contributed by atoms with Gasteiger partial charge in [0.1, 0.15) is 0 Å². The van der Waals surface area contributed by atoms with Crippen LogP contribution in [0.5, 0.6) is 0 Å². The molecule has 6 nitrogen and oxygen atoms in total. The molecule has 0 N–H and O–H groups in total. The highest BCUT2D eigenvalue weighted by atomic mass is 35.5. The summed E-state index contributed by atoms with van der Waals surface area (Å²) in [7, 11) is 0. The molecular formula is C15H21ClN2O4. The maximum absolute atomic E-state index is 12.3. The fourth-order valence-corrected chi connectivity index (χ4v) is 3.37. The van der Waals surface area contributed by atoms with E-state index >= 15 is 0 Å². The fraction of sp³-hybridized carbons (Fsp3) is 0.733. The van der Waals surface area contributed by atoms with Gasteiger partial charge in [-0.25, -0.2) is 0 Å². The molecule has 0 radical (unpaired) electrons. The number of nitrogens with zero attached hydrogens (tertiary/aromatic N) is 2. The molecule has 0 spiro atoms. The van der Waals surface area contributed by atoms with E-state index in [1.807, 2.05) is 11.8 Å². The third kappa shape index (κ3) is 3.45. The minimum atomic E-state index is -0.0734. The number of aromatic nitrogens is 1. The lowest BCUT2D eigenvalue weighted by molar-refractivity contribution is -0.136. The van der Waals surface area contributed by atoms with E-state index < -0.39 is 0 Å². The second-order valence-electron chi connectivity index (χ2n) is 5.85. The molecule has 2 aliphatic heterocycles. The monoisotopic (exact) mass is 328 g/mol. The number of halogens is 1. The van der Waals surface area contributed by atoms with E-state index in [9.17, 15) is 4.79 Å². The summed E-state index contributed by atoms with van der Waals surface area (Å²) in [5.74, 6) is 0.560. The van der Waals surface area contributed by atoms with Gasteiger partial charge in [-0.1, -0.05) is 5.16 Å². The summed E-state index contributed by atoms with van der Waals surface area (Å²) in [6, 6.07) is 0. The van der Waals surface area contributed by atoms with Crippen molar-refractivity contribution in [3.8, 4) is 0 Å². The normalized spacial score (nSPS) is 20.7. The number of likely N-dealkylation sites (tertiary alicyclic amines) is 1. The van der Waals surface area contributed by atoms with Crippen molar-refractivity contribution in [2.45, 2.75) is 38.9 Å². The Labute approximate surface area is 134 Å². The summed E-state index contributed by atoms with van der Waals surface area (Å²) in [5.41, 5.74) is 1.59. The van der Waals surface area contributed by atoms with Crippen LogP contribution in [0.3, 0.4) is 0 Å². The van der Waals surface area contributed by atoms with Crippen LogP contribution in [0.4, 0.5) is 0 Å². The lowest BCUT2D eigenvalue weighted by atomic mass is 9.96. The van der Waals surface area contributed by atoms with Gasteiger partial charge in [-0.2, -0.15) is 0 Å². The second-order valence-corrected chi connectivity index (χ2v) is 6.19. The van der Waals surface area contributed by atoms with Gasteiger partial charge in [0.25, 0.3) is 0 Å². The van der Waals surface area contributed by atoms with E-state index in [2.05, 4.69) is 5.16 Å². The number of aryl methyl sites for hydroxylation is 1. The molecular weight excluding hydrogens is 308 g/mol. The zero-order chi connectivity index (χ0) is 15.5. The fourth-order valence-electron chi connectivity index (χ4n) is 3.10. The predicted octanol–water partition coefficient (Wildman–Crippen LogP) is 2.18. The minimum Gasteiger partial charge on any atom is -0.350 e. The van der Waals surface area contributed by atoms with Gasteiger partial charge in [-0.05, 0) is 37.8 Å². The maximum atomic E-state index is 12.3. The van der Waals surface area contributed by atoms with Crippen LogP contribution in [0, 0.1) is 12.8 Å². The standard InChI is InChI=1S/C15H21ClN2O4/c1-10-12(14(16)22-17-10)2-3-13(19)18-6-4-11(5-7-18)15-20-8-9-21-15/h11,15H,2-9H2,1H3. The number of carbonyl (C=O) groups excluding carboxylic acids is 1. The molecule has 0 aliphatic carbocycles. The Bertz CT molecular complexity index is 500. The van der Waals surface area contributed by atoms with Gasteiger partial charge in [0.05, 0.1) is 18.9 Å². The van der Waals surface area contributed by atoms with Crippen molar-refractivity contribution in [1.29, 1.82) is 0 Å². The molecule has 1 aromatic rings. The largest absolute Gasteiger partial charge is 0.350 e. The van der Waals surface area contributed by atoms with E-state index in [1.165, 1.54) is 0 Å². The molecule has 122 valence electrons. The first-order valence-corrected chi connectivity index (χ1v) is 8.14. The van der Waals surface area contributed by atoms with Crippen LogP contribution in [0.25, 0.3) is 0 Å². The Kier molecular flexibility index (Phi) is 5.00. The third-order valence-corrected chi connectivity index (χ3v) is 4.75. The molecule has 2 saturated heterocycles. The van der Waals surface area contributed by atoms with Crippen molar-refractivity contribution in [1.82, 2.24) is 10.1 Å². The molecule has 7 heteroatoms. The summed E-state index contributed by atoms with van der Waals surface area (Å²) >= 11 is 5.92. The van der Waals surface area contributed by atoms with Gasteiger partial charge in [0.2, 0.25) is 11.1 Å². The van der Waals surface area contributed by atoms with Crippen LogP contribution >= 0.6 is 11.6 Å². The lowest BCUT2D eigenvalue weighted by Crippen LogP contribution is -2.41. The Balaban J connectivity index is 1.45. The first-order chi connectivity index (χ1) is 10.6. The predicted molar refractivity (Wildman–Crippen MR) is 79.6 cm³/mol. The molecule has 2 aliphatic rings. The van der Waals surface area contributed by atoms with Gasteiger partial charge in [0.15, 0.2) is 6.29 Å². The van der Waals surface area contributed by atoms with E-state index in [1.54, 1.807) is 0 Å². The van der Waals surface area contributed by atoms with Crippen molar-refractivity contribution in [2.75, 3.05) is 26.3 Å². The van der Waals surface area contributed by atoms with Crippen LogP contribution < -0.4 is 0 Å². The van der Waals surface area contributed by atoms with Gasteiger partial charge < -0.3 is 18.9 Å². The zero-order valence-corrected chi connectivity index (χ0v) is 13.5. The smallest absolute Gasteiger partial charge is 0.229 e. The van der Waals surface area contributed by atoms with Crippen molar-refractivity contribution >= 4 is 17.5 Å². The third-order valence-electron chi connectivity index (χ3n) is 4.45. The van der Waals surface area contributed by atoms with E-state index in [0.717, 1.165) is 37.2 Å². The van der Waals surface area contributed by atoms with Crippen LogP contribution in [-0.2, 0) is 20.7 Å². The maximum Gasteiger partial charge on any atom is 0.229 e. The lowest BCUT2D eigenvalue weighted by Gasteiger charge is -2.33. The molecule has 0 bridgehead atoms. The number of carbonyl (C=O) groups is 1. The number of hydrogen-bond acceptors (Lipinski definition) is 5. The highest BCUT2D eigenvalue weighted by molar-refractivity contribution is 6.29. The Morgan fingerprint density at radius 3 is 2.59 bits per heavy atom. The van der Waals surface area contributed by atoms with E-state index in [0.29, 0.717) is 37.2 Å². The topological polar surface area (TPSA) is 64.8 Å². The van der Waals surface area contributed by atoms with Crippen molar-refractivity contribution in [3.63, 3.8) is 0 Å². The van der Waals surface area contributed by atoms with Crippen LogP contribution in [-0.4, -0.2) is 48.6 Å². The molecule has 2 fully saturated rings. The van der Waals surface area contributed by atoms with Gasteiger partial charge in [0, 0.05) is 31.0 Å². The average molecular weight is 329 g/mol. The summed E-state index contributed by atoms with van der Waals surface area (Å²) in [6.45, 7) is 4.74. The molecule has 1 amide bonds. The highest BCUT2D eigenvalue weighted by Gasteiger charge is 2.31. The first kappa shape index (κ1) is 15.8. The molecule has 3 heterocycles. The van der Waals surface area contributed by atoms with E-state index in [4.69, 9.17) is 25.6 Å². The minimum absolute atomic E-state index is 0.0734. The molecule has 22 heavy (non-hydrogen) atoms. The van der Waals surface area contributed by atoms with Crippen molar-refractivity contribution < 1.29 is 18.8 Å². The number of piperidine rings is 1.